The summed E-state index contributed by atoms with van der Waals surface area (Å²) in [4.78, 5) is 20.1. The van der Waals surface area contributed by atoms with Gasteiger partial charge in [0.15, 0.2) is 5.78 Å². The molecule has 0 aromatic carbocycles. The first kappa shape index (κ1) is 12.0. The van der Waals surface area contributed by atoms with E-state index in [0.29, 0.717) is 18.2 Å². The fourth-order valence-corrected chi connectivity index (χ4v) is 1.94. The molecule has 1 aliphatic rings. The minimum Gasteiger partial charge on any atom is -0.481 e. The second kappa shape index (κ2) is 4.79. The van der Waals surface area contributed by atoms with Crippen molar-refractivity contribution in [2.24, 2.45) is 0 Å². The molecule has 5 nitrogen and oxygen atoms in total. The van der Waals surface area contributed by atoms with Crippen LogP contribution in [0.1, 0.15) is 25.5 Å². The van der Waals surface area contributed by atoms with E-state index in [1.165, 1.54) is 13.4 Å². The molecule has 5 heteroatoms. The molecule has 0 N–H and O–H groups in total. The van der Waals surface area contributed by atoms with E-state index < -0.39 is 5.60 Å². The molecule has 0 saturated carbocycles. The van der Waals surface area contributed by atoms with Gasteiger partial charge in [-0.05, 0) is 19.8 Å². The molecule has 17 heavy (non-hydrogen) atoms. The molecule has 0 spiro atoms. The Labute approximate surface area is 100 Å². The molecule has 2 heterocycles. The lowest BCUT2D eigenvalue weighted by Gasteiger charge is -2.20. The van der Waals surface area contributed by atoms with Gasteiger partial charge in [-0.3, -0.25) is 4.79 Å². The Hall–Kier alpha value is -1.49. The molecular formula is C12H16N2O3. The van der Waals surface area contributed by atoms with Crippen LogP contribution < -0.4 is 4.74 Å². The highest BCUT2D eigenvalue weighted by Gasteiger charge is 2.37. The van der Waals surface area contributed by atoms with Crippen LogP contribution in [0.15, 0.2) is 12.4 Å². The van der Waals surface area contributed by atoms with Crippen molar-refractivity contribution in [3.05, 3.63) is 18.1 Å². The van der Waals surface area contributed by atoms with Gasteiger partial charge in [-0.25, -0.2) is 9.97 Å². The van der Waals surface area contributed by atoms with Gasteiger partial charge in [0.1, 0.15) is 11.9 Å². The average Bonchev–Trinajstić information content (AvgIpc) is 2.78. The van der Waals surface area contributed by atoms with Crippen molar-refractivity contribution >= 4 is 5.78 Å². The second-order valence-corrected chi connectivity index (χ2v) is 4.33. The number of nitrogens with zero attached hydrogens (tertiary/aromatic N) is 2. The smallest absolute Gasteiger partial charge is 0.216 e. The number of ether oxygens (including phenoxy) is 2. The molecule has 0 amide bonds. The van der Waals surface area contributed by atoms with E-state index in [1.54, 1.807) is 6.07 Å². The zero-order valence-electron chi connectivity index (χ0n) is 10.1. The maximum atomic E-state index is 12.1. The quantitative estimate of drug-likeness (QED) is 0.785. The number of aromatic nitrogens is 2. The van der Waals surface area contributed by atoms with Gasteiger partial charge in [0, 0.05) is 12.7 Å². The van der Waals surface area contributed by atoms with Crippen LogP contribution in [0.2, 0.25) is 0 Å². The summed E-state index contributed by atoms with van der Waals surface area (Å²) in [6, 6.07) is 1.68. The van der Waals surface area contributed by atoms with Crippen molar-refractivity contribution in [2.75, 3.05) is 13.7 Å². The number of methoxy groups -OCH3 is 1. The van der Waals surface area contributed by atoms with Crippen molar-refractivity contribution in [3.8, 4) is 5.88 Å². The largest absolute Gasteiger partial charge is 0.481 e. The molecule has 1 atom stereocenters. The van der Waals surface area contributed by atoms with Gasteiger partial charge in [0.2, 0.25) is 5.88 Å². The Morgan fingerprint density at radius 3 is 3.06 bits per heavy atom. The first-order chi connectivity index (χ1) is 8.14. The van der Waals surface area contributed by atoms with Crippen molar-refractivity contribution in [3.63, 3.8) is 0 Å². The number of rotatable bonds is 4. The zero-order chi connectivity index (χ0) is 12.3. The third-order valence-corrected chi connectivity index (χ3v) is 3.06. The molecule has 2 rings (SSSR count). The summed E-state index contributed by atoms with van der Waals surface area (Å²) in [5.41, 5.74) is 0.0247. The van der Waals surface area contributed by atoms with E-state index in [-0.39, 0.29) is 12.2 Å². The minimum absolute atomic E-state index is 0.0655. The highest BCUT2D eigenvalue weighted by Crippen LogP contribution is 2.27. The molecule has 1 aliphatic heterocycles. The molecule has 0 bridgehead atoms. The maximum absolute atomic E-state index is 12.1. The monoisotopic (exact) mass is 236 g/mol. The predicted molar refractivity (Wildman–Crippen MR) is 60.9 cm³/mol. The van der Waals surface area contributed by atoms with E-state index in [0.717, 1.165) is 12.8 Å². The molecule has 1 unspecified atom stereocenters. The summed E-state index contributed by atoms with van der Waals surface area (Å²) in [6.45, 7) is 2.51. The van der Waals surface area contributed by atoms with Gasteiger partial charge in [-0.1, -0.05) is 0 Å². The standard InChI is InChI=1S/C12H16N2O3/c1-12(4-3-5-17-12)10(15)6-9-7-11(16-2)14-8-13-9/h7-8H,3-6H2,1-2H3. The normalized spacial score (nSPS) is 23.6. The van der Waals surface area contributed by atoms with Crippen LogP contribution in [0.25, 0.3) is 0 Å². The first-order valence-corrected chi connectivity index (χ1v) is 5.66. The Kier molecular flexibility index (Phi) is 3.38. The number of hydrogen-bond acceptors (Lipinski definition) is 5. The second-order valence-electron chi connectivity index (χ2n) is 4.33. The van der Waals surface area contributed by atoms with E-state index in [2.05, 4.69) is 9.97 Å². The predicted octanol–water partition coefficient (Wildman–Crippen LogP) is 1.17. The Morgan fingerprint density at radius 2 is 2.41 bits per heavy atom. The van der Waals surface area contributed by atoms with Crippen LogP contribution in [0.4, 0.5) is 0 Å². The van der Waals surface area contributed by atoms with Crippen molar-refractivity contribution in [2.45, 2.75) is 31.8 Å². The highest BCUT2D eigenvalue weighted by molar-refractivity contribution is 5.88. The maximum Gasteiger partial charge on any atom is 0.216 e. The number of Topliss-reactive ketones (excluding diaryl/α,β-unsaturated/α-hetero) is 1. The Morgan fingerprint density at radius 1 is 1.59 bits per heavy atom. The number of carbonyl (C=O) groups is 1. The lowest BCUT2D eigenvalue weighted by atomic mass is 9.94. The molecular weight excluding hydrogens is 220 g/mol. The summed E-state index contributed by atoms with van der Waals surface area (Å²) in [6.07, 6.45) is 3.39. The molecule has 92 valence electrons. The van der Waals surface area contributed by atoms with Crippen molar-refractivity contribution in [1.82, 2.24) is 9.97 Å². The van der Waals surface area contributed by atoms with Crippen LogP contribution in [0.5, 0.6) is 5.88 Å². The SMILES string of the molecule is COc1cc(CC(=O)C2(C)CCCO2)ncn1. The molecule has 0 aliphatic carbocycles. The topological polar surface area (TPSA) is 61.3 Å². The van der Waals surface area contributed by atoms with E-state index >= 15 is 0 Å². The fraction of sp³-hybridized carbons (Fsp3) is 0.583. The zero-order valence-corrected chi connectivity index (χ0v) is 10.1. The Bertz CT molecular complexity index is 414. The minimum atomic E-state index is -0.641. The Balaban J connectivity index is 2.07. The van der Waals surface area contributed by atoms with E-state index in [1.807, 2.05) is 6.92 Å². The van der Waals surface area contributed by atoms with E-state index in [9.17, 15) is 4.79 Å². The van der Waals surface area contributed by atoms with Gasteiger partial charge >= 0.3 is 0 Å². The van der Waals surface area contributed by atoms with Gasteiger partial charge < -0.3 is 9.47 Å². The van der Waals surface area contributed by atoms with Crippen LogP contribution in [0, 0.1) is 0 Å². The van der Waals surface area contributed by atoms with Gasteiger partial charge in [0.05, 0.1) is 19.2 Å². The highest BCUT2D eigenvalue weighted by atomic mass is 16.5. The van der Waals surface area contributed by atoms with Crippen LogP contribution >= 0.6 is 0 Å². The third-order valence-electron chi connectivity index (χ3n) is 3.06. The summed E-state index contributed by atoms with van der Waals surface area (Å²) >= 11 is 0. The number of carbonyl (C=O) groups excluding carboxylic acids is 1. The van der Waals surface area contributed by atoms with Crippen LogP contribution in [-0.4, -0.2) is 35.1 Å². The lowest BCUT2D eigenvalue weighted by Crippen LogP contribution is -2.35. The average molecular weight is 236 g/mol. The summed E-state index contributed by atoms with van der Waals surface area (Å²) in [7, 11) is 1.54. The van der Waals surface area contributed by atoms with E-state index in [4.69, 9.17) is 9.47 Å². The van der Waals surface area contributed by atoms with Gasteiger partial charge in [-0.15, -0.1) is 0 Å². The lowest BCUT2D eigenvalue weighted by molar-refractivity contribution is -0.136. The van der Waals surface area contributed by atoms with Crippen LogP contribution in [0.3, 0.4) is 0 Å². The molecule has 1 aromatic rings. The molecule has 1 saturated heterocycles. The molecule has 1 aromatic heterocycles. The van der Waals surface area contributed by atoms with Crippen molar-refractivity contribution in [1.29, 1.82) is 0 Å². The summed E-state index contributed by atoms with van der Waals surface area (Å²) < 4.78 is 10.5. The van der Waals surface area contributed by atoms with Crippen molar-refractivity contribution < 1.29 is 14.3 Å². The number of hydrogen-bond donors (Lipinski definition) is 0. The molecule has 1 fully saturated rings. The number of ketones is 1. The first-order valence-electron chi connectivity index (χ1n) is 5.66. The third kappa shape index (κ3) is 2.61. The van der Waals surface area contributed by atoms with Crippen LogP contribution in [-0.2, 0) is 16.0 Å². The summed E-state index contributed by atoms with van der Waals surface area (Å²) in [5.74, 6) is 0.538. The summed E-state index contributed by atoms with van der Waals surface area (Å²) in [5, 5.41) is 0. The molecule has 0 radical (unpaired) electrons. The van der Waals surface area contributed by atoms with Gasteiger partial charge in [-0.2, -0.15) is 0 Å². The fourth-order valence-electron chi connectivity index (χ4n) is 1.94. The van der Waals surface area contributed by atoms with Gasteiger partial charge in [0.25, 0.3) is 0 Å².